The molecular formula is C33H70N4O4. The molecule has 4 aliphatic heterocycles. The standard InChI is InChI=1S/2C9H19NO.C8H17NO.C7H15NO/c2*1-7-5-6-9(10(3)4)8(2)11-7;1-6-4-5-8(9-3)7(2)10-6;1-5-3-4-7(8)6(2)9-5/h2*7-9H,5-6H2,1-4H3;6-9H,4-5H2,1-3H3;5-7H,3-4,8H2,1-2H3/t7-,8+,9-;7-,8-,9-;6-,7+,8-;5-,6+,7-/m0000/s1. The Bertz CT molecular complexity index is 639. The average Bonchev–Trinajstić information content (AvgIpc) is 2.87. The van der Waals surface area contributed by atoms with E-state index < -0.39 is 0 Å². The number of ether oxygens (including phenoxy) is 4. The summed E-state index contributed by atoms with van der Waals surface area (Å²) < 4.78 is 22.5. The van der Waals surface area contributed by atoms with Gasteiger partial charge in [0.1, 0.15) is 0 Å². The smallest absolute Gasteiger partial charge is 0.0705 e. The highest BCUT2D eigenvalue weighted by Gasteiger charge is 2.28. The number of hydrogen-bond acceptors (Lipinski definition) is 8. The van der Waals surface area contributed by atoms with E-state index in [1.54, 1.807) is 0 Å². The van der Waals surface area contributed by atoms with Gasteiger partial charge in [-0.1, -0.05) is 0 Å². The molecule has 41 heavy (non-hydrogen) atoms. The molecule has 0 radical (unpaired) electrons. The largest absolute Gasteiger partial charge is 0.374 e. The zero-order valence-electron chi connectivity index (χ0n) is 29.2. The normalized spacial score (nSPS) is 41.3. The van der Waals surface area contributed by atoms with Crippen molar-refractivity contribution in [3.05, 3.63) is 0 Å². The van der Waals surface area contributed by atoms with Crippen LogP contribution >= 0.6 is 0 Å². The van der Waals surface area contributed by atoms with E-state index >= 15 is 0 Å². The number of likely N-dealkylation sites (N-methyl/N-ethyl adjacent to an activating group) is 3. The van der Waals surface area contributed by atoms with Crippen molar-refractivity contribution in [2.75, 3.05) is 35.2 Å². The first-order chi connectivity index (χ1) is 19.2. The summed E-state index contributed by atoms with van der Waals surface area (Å²) in [5.74, 6) is 0. The van der Waals surface area contributed by atoms with E-state index in [2.05, 4.69) is 91.8 Å². The van der Waals surface area contributed by atoms with Crippen molar-refractivity contribution in [1.29, 1.82) is 0 Å². The van der Waals surface area contributed by atoms with Crippen LogP contribution in [0.3, 0.4) is 0 Å². The molecule has 0 bridgehead atoms. The molecule has 0 amide bonds. The van der Waals surface area contributed by atoms with Crippen molar-refractivity contribution in [1.82, 2.24) is 15.1 Å². The Labute approximate surface area is 254 Å². The first kappa shape index (κ1) is 38.7. The minimum Gasteiger partial charge on any atom is -0.374 e. The van der Waals surface area contributed by atoms with E-state index in [9.17, 15) is 0 Å². The first-order valence-electron chi connectivity index (χ1n) is 16.5. The molecule has 3 N–H and O–H groups in total. The fourth-order valence-electron chi connectivity index (χ4n) is 6.44. The van der Waals surface area contributed by atoms with E-state index in [-0.39, 0.29) is 12.1 Å². The molecule has 4 heterocycles. The van der Waals surface area contributed by atoms with Gasteiger partial charge in [0.15, 0.2) is 0 Å². The molecule has 0 unspecified atom stereocenters. The van der Waals surface area contributed by atoms with Gasteiger partial charge in [0, 0.05) is 24.2 Å². The van der Waals surface area contributed by atoms with Crippen LogP contribution in [0.25, 0.3) is 0 Å². The van der Waals surface area contributed by atoms with Crippen molar-refractivity contribution < 1.29 is 18.9 Å². The highest BCUT2D eigenvalue weighted by atomic mass is 16.5. The average molecular weight is 587 g/mol. The zero-order valence-corrected chi connectivity index (χ0v) is 29.2. The number of hydrogen-bond donors (Lipinski definition) is 2. The lowest BCUT2D eigenvalue weighted by molar-refractivity contribution is -0.0723. The van der Waals surface area contributed by atoms with Crippen molar-refractivity contribution in [3.8, 4) is 0 Å². The van der Waals surface area contributed by atoms with Gasteiger partial charge in [0.05, 0.1) is 48.8 Å². The molecule has 0 aromatic rings. The molecular weight excluding hydrogens is 516 g/mol. The summed E-state index contributed by atoms with van der Waals surface area (Å²) in [6, 6.07) is 2.06. The van der Waals surface area contributed by atoms with Crippen LogP contribution in [0.2, 0.25) is 0 Å². The number of nitrogens with one attached hydrogen (secondary N) is 1. The van der Waals surface area contributed by atoms with E-state index in [1.165, 1.54) is 38.5 Å². The minimum atomic E-state index is 0.258. The van der Waals surface area contributed by atoms with Gasteiger partial charge < -0.3 is 39.8 Å². The third kappa shape index (κ3) is 14.8. The van der Waals surface area contributed by atoms with Crippen LogP contribution in [0.4, 0.5) is 0 Å². The molecule has 8 heteroatoms. The molecule has 0 spiro atoms. The van der Waals surface area contributed by atoms with Gasteiger partial charge in [-0.25, -0.2) is 0 Å². The van der Waals surface area contributed by atoms with Crippen LogP contribution in [0.1, 0.15) is 107 Å². The molecule has 4 saturated heterocycles. The van der Waals surface area contributed by atoms with E-state index in [1.807, 2.05) is 14.0 Å². The monoisotopic (exact) mass is 587 g/mol. The van der Waals surface area contributed by atoms with Crippen molar-refractivity contribution in [3.63, 3.8) is 0 Å². The summed E-state index contributed by atoms with van der Waals surface area (Å²) in [7, 11) is 10.5. The predicted molar refractivity (Wildman–Crippen MR) is 173 cm³/mol. The lowest BCUT2D eigenvalue weighted by atomic mass is 9.99. The third-order valence-electron chi connectivity index (χ3n) is 9.27. The Balaban J connectivity index is 0.000000274. The Hall–Kier alpha value is -0.320. The van der Waals surface area contributed by atoms with Crippen molar-refractivity contribution in [2.45, 2.75) is 180 Å². The van der Waals surface area contributed by atoms with Crippen LogP contribution in [-0.2, 0) is 18.9 Å². The highest BCUT2D eigenvalue weighted by molar-refractivity contribution is 4.81. The van der Waals surface area contributed by atoms with Crippen molar-refractivity contribution in [2.24, 2.45) is 5.73 Å². The lowest BCUT2D eigenvalue weighted by Gasteiger charge is -2.37. The summed E-state index contributed by atoms with van der Waals surface area (Å²) >= 11 is 0. The quantitative estimate of drug-likeness (QED) is 0.475. The van der Waals surface area contributed by atoms with E-state index in [0.717, 1.165) is 12.8 Å². The Morgan fingerprint density at radius 1 is 0.488 bits per heavy atom. The molecule has 4 rings (SSSR count). The van der Waals surface area contributed by atoms with Crippen LogP contribution in [0, 0.1) is 0 Å². The van der Waals surface area contributed by atoms with Crippen LogP contribution in [0.15, 0.2) is 0 Å². The van der Waals surface area contributed by atoms with Gasteiger partial charge in [-0.05, 0) is 142 Å². The Morgan fingerprint density at radius 3 is 1.12 bits per heavy atom. The minimum absolute atomic E-state index is 0.258. The van der Waals surface area contributed by atoms with Gasteiger partial charge in [0.2, 0.25) is 0 Å². The highest BCUT2D eigenvalue weighted by Crippen LogP contribution is 2.23. The third-order valence-corrected chi connectivity index (χ3v) is 9.27. The first-order valence-corrected chi connectivity index (χ1v) is 16.5. The van der Waals surface area contributed by atoms with E-state index in [0.29, 0.717) is 60.9 Å². The van der Waals surface area contributed by atoms with E-state index in [4.69, 9.17) is 24.7 Å². The predicted octanol–water partition coefficient (Wildman–Crippen LogP) is 5.07. The van der Waals surface area contributed by atoms with Gasteiger partial charge >= 0.3 is 0 Å². The second kappa shape index (κ2) is 19.9. The lowest BCUT2D eigenvalue weighted by Crippen LogP contribution is -2.44. The maximum atomic E-state index is 5.72. The molecule has 246 valence electrons. The van der Waals surface area contributed by atoms with Gasteiger partial charge in [-0.2, -0.15) is 0 Å². The molecule has 0 aliphatic carbocycles. The molecule has 0 aromatic heterocycles. The summed E-state index contributed by atoms with van der Waals surface area (Å²) in [6.07, 6.45) is 12.8. The van der Waals surface area contributed by atoms with Crippen LogP contribution in [-0.4, -0.2) is 118 Å². The molecule has 0 aromatic carbocycles. The SMILES string of the molecule is CN[C@H]1CC[C@H](C)O[C@@H]1C.C[C@@H]1O[C@@H](C)CC[C@@H]1N(C)C.C[C@H]1CC[C@H](N(C)C)[C@@H](C)O1.C[C@H]1CC[C@H](N)[C@@H](C)O1. The fraction of sp³-hybridized carbons (Fsp3) is 1.00. The maximum absolute atomic E-state index is 5.72. The molecule has 0 saturated carbocycles. The summed E-state index contributed by atoms with van der Waals surface area (Å²) in [5.41, 5.74) is 5.72. The summed E-state index contributed by atoms with van der Waals surface area (Å²) in [6.45, 7) is 17.1. The molecule has 8 nitrogen and oxygen atoms in total. The number of nitrogens with two attached hydrogens (primary N) is 1. The maximum Gasteiger partial charge on any atom is 0.0705 e. The Morgan fingerprint density at radius 2 is 0.829 bits per heavy atom. The van der Waals surface area contributed by atoms with Crippen LogP contribution < -0.4 is 11.1 Å². The Kier molecular flexibility index (Phi) is 18.7. The van der Waals surface area contributed by atoms with Gasteiger partial charge in [-0.3, -0.25) is 0 Å². The zero-order chi connectivity index (χ0) is 31.3. The second-order valence-electron chi connectivity index (χ2n) is 13.5. The number of nitrogens with zero attached hydrogens (tertiary/aromatic N) is 2. The van der Waals surface area contributed by atoms with Crippen LogP contribution in [0.5, 0.6) is 0 Å². The summed E-state index contributed by atoms with van der Waals surface area (Å²) in [5, 5.41) is 3.25. The molecule has 4 fully saturated rings. The topological polar surface area (TPSA) is 81.5 Å². The number of rotatable bonds is 3. The summed E-state index contributed by atoms with van der Waals surface area (Å²) in [4.78, 5) is 4.52. The second-order valence-corrected chi connectivity index (χ2v) is 13.5. The molecule has 12 atom stereocenters. The van der Waals surface area contributed by atoms with Crippen molar-refractivity contribution >= 4 is 0 Å². The van der Waals surface area contributed by atoms with Gasteiger partial charge in [0.25, 0.3) is 0 Å². The van der Waals surface area contributed by atoms with Gasteiger partial charge in [-0.15, -0.1) is 0 Å². The fourth-order valence-corrected chi connectivity index (χ4v) is 6.44. The molecule has 4 aliphatic rings.